The Morgan fingerprint density at radius 1 is 0.886 bits per heavy atom. The maximum atomic E-state index is 14.8. The molecule has 2 rings (SSSR count). The van der Waals surface area contributed by atoms with E-state index in [0.29, 0.717) is 19.1 Å². The third-order valence-corrected chi connectivity index (χ3v) is 5.30. The monoisotopic (exact) mass is 554 g/mol. The molecule has 0 aliphatic carbocycles. The molecule has 0 bridgehead atoms. The number of benzene rings is 2. The summed E-state index contributed by atoms with van der Waals surface area (Å²) in [6, 6.07) is 3.88. The fourth-order valence-electron chi connectivity index (χ4n) is 3.05. The summed E-state index contributed by atoms with van der Waals surface area (Å²) in [5, 5.41) is -0.406. The van der Waals surface area contributed by atoms with Crippen molar-refractivity contribution in [1.29, 1.82) is 0 Å². The maximum Gasteiger partial charge on any atom is 0.417 e. The Bertz CT molecular complexity index is 1100. The van der Waals surface area contributed by atoms with Crippen LogP contribution in [-0.4, -0.2) is 18.1 Å². The Morgan fingerprint density at radius 3 is 1.89 bits per heavy atom. The second-order valence-electron chi connectivity index (χ2n) is 7.56. The first-order valence-corrected chi connectivity index (χ1v) is 10.3. The molecule has 0 amide bonds. The SMILES string of the molecule is CC(CC(=O)c1ccc(/C(F)=C/C(c2cc(Cl)cc(Cl)c2)C(F)(F)F)cc1C(F)(F)F)C(F)(F)F. The van der Waals surface area contributed by atoms with Crippen LogP contribution in [0.1, 0.15) is 46.3 Å². The number of Topliss-reactive ketones (excluding diaryl/α,β-unsaturated/α-hetero) is 1. The topological polar surface area (TPSA) is 17.1 Å². The van der Waals surface area contributed by atoms with Crippen molar-refractivity contribution in [1.82, 2.24) is 0 Å². The Kier molecular flexibility index (Phi) is 8.59. The molecule has 0 saturated heterocycles. The number of rotatable bonds is 6. The molecule has 1 nitrogen and oxygen atoms in total. The minimum absolute atomic E-state index is 0.00466. The van der Waals surface area contributed by atoms with E-state index in [9.17, 15) is 48.7 Å². The van der Waals surface area contributed by atoms with E-state index >= 15 is 0 Å². The van der Waals surface area contributed by atoms with Crippen molar-refractivity contribution >= 4 is 34.8 Å². The molecule has 35 heavy (non-hydrogen) atoms. The van der Waals surface area contributed by atoms with E-state index in [4.69, 9.17) is 23.2 Å². The minimum atomic E-state index is -5.31. The molecule has 0 aromatic heterocycles. The number of halogens is 12. The first-order chi connectivity index (χ1) is 15.8. The van der Waals surface area contributed by atoms with Crippen molar-refractivity contribution in [3.63, 3.8) is 0 Å². The van der Waals surface area contributed by atoms with E-state index in [1.807, 2.05) is 0 Å². The fourth-order valence-corrected chi connectivity index (χ4v) is 3.59. The van der Waals surface area contributed by atoms with Crippen molar-refractivity contribution in [3.8, 4) is 0 Å². The Labute approximate surface area is 202 Å². The minimum Gasteiger partial charge on any atom is -0.294 e. The van der Waals surface area contributed by atoms with Crippen LogP contribution >= 0.6 is 23.2 Å². The summed E-state index contributed by atoms with van der Waals surface area (Å²) in [7, 11) is 0. The molecule has 0 fully saturated rings. The average molecular weight is 555 g/mol. The number of carbonyl (C=O) groups excluding carboxylic acids is 1. The smallest absolute Gasteiger partial charge is 0.294 e. The van der Waals surface area contributed by atoms with E-state index in [1.165, 1.54) is 0 Å². The molecular weight excluding hydrogens is 541 g/mol. The van der Waals surface area contributed by atoms with Crippen LogP contribution in [0.2, 0.25) is 10.0 Å². The highest BCUT2D eigenvalue weighted by molar-refractivity contribution is 6.34. The first kappa shape index (κ1) is 29.0. The van der Waals surface area contributed by atoms with Gasteiger partial charge in [0, 0.05) is 27.6 Å². The molecule has 192 valence electrons. The third-order valence-electron chi connectivity index (χ3n) is 4.86. The largest absolute Gasteiger partial charge is 0.417 e. The zero-order valence-electron chi connectivity index (χ0n) is 17.3. The number of carbonyl (C=O) groups is 1. The number of ketones is 1. The van der Waals surface area contributed by atoms with Crippen LogP contribution in [-0.2, 0) is 6.18 Å². The highest BCUT2D eigenvalue weighted by atomic mass is 35.5. The van der Waals surface area contributed by atoms with Crippen LogP contribution in [0.5, 0.6) is 0 Å². The van der Waals surface area contributed by atoms with Gasteiger partial charge in [0.25, 0.3) is 0 Å². The predicted octanol–water partition coefficient (Wildman–Crippen LogP) is 9.44. The quantitative estimate of drug-likeness (QED) is 0.257. The molecule has 2 unspecified atom stereocenters. The summed E-state index contributed by atoms with van der Waals surface area (Å²) in [4.78, 5) is 12.1. The second kappa shape index (κ2) is 10.4. The number of hydrogen-bond donors (Lipinski definition) is 0. The van der Waals surface area contributed by atoms with Gasteiger partial charge in [-0.05, 0) is 35.9 Å². The standard InChI is InChI=1S/C22H14Cl2F10O/c1-10(20(26,27)28)4-19(35)15-3-2-11(7-17(15)22(32,33)34)18(25)9-16(21(29,30)31)12-5-13(23)8-14(24)6-12/h2-3,5-10,16H,4H2,1H3/b18-9-. The van der Waals surface area contributed by atoms with E-state index in [0.717, 1.165) is 18.2 Å². The molecule has 2 aromatic carbocycles. The van der Waals surface area contributed by atoms with Crippen LogP contribution in [0.25, 0.3) is 5.83 Å². The van der Waals surface area contributed by atoms with Gasteiger partial charge in [0.15, 0.2) is 5.78 Å². The average Bonchev–Trinajstić information content (AvgIpc) is 2.68. The van der Waals surface area contributed by atoms with Crippen molar-refractivity contribution in [2.45, 2.75) is 37.8 Å². The van der Waals surface area contributed by atoms with Gasteiger partial charge in [-0.1, -0.05) is 42.3 Å². The zero-order valence-corrected chi connectivity index (χ0v) is 18.9. The lowest BCUT2D eigenvalue weighted by molar-refractivity contribution is -0.168. The number of alkyl halides is 9. The first-order valence-electron chi connectivity index (χ1n) is 9.52. The predicted molar refractivity (Wildman–Crippen MR) is 110 cm³/mol. The molecule has 0 spiro atoms. The molecule has 0 N–H and O–H groups in total. The van der Waals surface area contributed by atoms with Gasteiger partial charge in [-0.2, -0.15) is 39.5 Å². The summed E-state index contributed by atoms with van der Waals surface area (Å²) in [5.74, 6) is -8.15. The van der Waals surface area contributed by atoms with Crippen molar-refractivity contribution in [2.24, 2.45) is 5.92 Å². The Hall–Kier alpha value is -2.27. The van der Waals surface area contributed by atoms with Gasteiger partial charge in [0.2, 0.25) is 0 Å². The molecular formula is C22H14Cl2F10O. The van der Waals surface area contributed by atoms with Crippen LogP contribution in [0.4, 0.5) is 43.9 Å². The lowest BCUT2D eigenvalue weighted by Crippen LogP contribution is -2.24. The summed E-state index contributed by atoms with van der Waals surface area (Å²) < 4.78 is 134. The Morgan fingerprint density at radius 2 is 1.43 bits per heavy atom. The maximum absolute atomic E-state index is 14.8. The summed E-state index contributed by atoms with van der Waals surface area (Å²) in [5.41, 5.74) is -4.51. The van der Waals surface area contributed by atoms with Crippen molar-refractivity contribution in [2.75, 3.05) is 0 Å². The lowest BCUT2D eigenvalue weighted by atomic mass is 9.93. The van der Waals surface area contributed by atoms with E-state index in [1.54, 1.807) is 0 Å². The summed E-state index contributed by atoms with van der Waals surface area (Å²) in [6.45, 7) is 0.599. The third kappa shape index (κ3) is 7.60. The van der Waals surface area contributed by atoms with Crippen molar-refractivity contribution < 1.29 is 48.7 Å². The highest BCUT2D eigenvalue weighted by Crippen LogP contribution is 2.41. The molecule has 0 aliphatic rings. The van der Waals surface area contributed by atoms with Crippen LogP contribution in [0.3, 0.4) is 0 Å². The molecule has 0 radical (unpaired) electrons. The number of allylic oxidation sites excluding steroid dienone is 1. The normalized spacial score (nSPS) is 15.2. The molecule has 0 aliphatic heterocycles. The molecule has 2 atom stereocenters. The van der Waals surface area contributed by atoms with Crippen LogP contribution < -0.4 is 0 Å². The second-order valence-corrected chi connectivity index (χ2v) is 8.44. The van der Waals surface area contributed by atoms with E-state index < -0.39 is 70.6 Å². The van der Waals surface area contributed by atoms with Gasteiger partial charge < -0.3 is 0 Å². The van der Waals surface area contributed by atoms with Crippen LogP contribution in [0, 0.1) is 5.92 Å². The fraction of sp³-hybridized carbons (Fsp3) is 0.318. The Balaban J connectivity index is 2.55. The van der Waals surface area contributed by atoms with E-state index in [-0.39, 0.29) is 22.2 Å². The van der Waals surface area contributed by atoms with Crippen molar-refractivity contribution in [3.05, 3.63) is 74.8 Å². The van der Waals surface area contributed by atoms with Gasteiger partial charge in [0.05, 0.1) is 11.5 Å². The van der Waals surface area contributed by atoms with Gasteiger partial charge in [-0.3, -0.25) is 4.79 Å². The van der Waals surface area contributed by atoms with Gasteiger partial charge >= 0.3 is 18.5 Å². The zero-order chi connectivity index (χ0) is 26.9. The van der Waals surface area contributed by atoms with Gasteiger partial charge in [-0.25, -0.2) is 4.39 Å². The van der Waals surface area contributed by atoms with E-state index in [2.05, 4.69) is 0 Å². The molecule has 0 heterocycles. The molecule has 2 aromatic rings. The van der Waals surface area contributed by atoms with Gasteiger partial charge in [-0.15, -0.1) is 0 Å². The lowest BCUT2D eigenvalue weighted by Gasteiger charge is -2.19. The summed E-state index contributed by atoms with van der Waals surface area (Å²) >= 11 is 11.4. The molecule has 13 heteroatoms. The van der Waals surface area contributed by atoms with Gasteiger partial charge in [0.1, 0.15) is 11.7 Å². The number of hydrogen-bond acceptors (Lipinski definition) is 1. The van der Waals surface area contributed by atoms with Crippen LogP contribution in [0.15, 0.2) is 42.5 Å². The highest BCUT2D eigenvalue weighted by Gasteiger charge is 2.42. The molecule has 0 saturated carbocycles. The summed E-state index contributed by atoms with van der Waals surface area (Å²) in [6.07, 6.45) is -16.6.